The van der Waals surface area contributed by atoms with E-state index in [9.17, 15) is 4.79 Å². The topological polar surface area (TPSA) is 44.8 Å². The zero-order valence-electron chi connectivity index (χ0n) is 19.7. The summed E-state index contributed by atoms with van der Waals surface area (Å²) < 4.78 is 5.80. The predicted octanol–water partition coefficient (Wildman–Crippen LogP) is 3.97. The van der Waals surface area contributed by atoms with Gasteiger partial charge in [0.05, 0.1) is 6.61 Å². The van der Waals surface area contributed by atoms with Crippen molar-refractivity contribution in [1.29, 1.82) is 0 Å². The molecule has 2 rings (SSSR count). The summed E-state index contributed by atoms with van der Waals surface area (Å²) in [6, 6.07) is 9.12. The first-order valence-corrected chi connectivity index (χ1v) is 11.9. The van der Waals surface area contributed by atoms with Gasteiger partial charge in [0.2, 0.25) is 5.91 Å². The van der Waals surface area contributed by atoms with E-state index >= 15 is 0 Å². The molecule has 0 saturated carbocycles. The fourth-order valence-electron chi connectivity index (χ4n) is 3.97. The largest absolute Gasteiger partial charge is 0.493 e. The van der Waals surface area contributed by atoms with Crippen LogP contribution in [0.5, 0.6) is 5.75 Å². The van der Waals surface area contributed by atoms with Crippen LogP contribution in [0.25, 0.3) is 0 Å². The van der Waals surface area contributed by atoms with Crippen molar-refractivity contribution in [2.24, 2.45) is 5.92 Å². The third kappa shape index (κ3) is 9.05. The number of carbonyl (C=O) groups is 1. The van der Waals surface area contributed by atoms with Crippen molar-refractivity contribution in [2.45, 2.75) is 65.8 Å². The summed E-state index contributed by atoms with van der Waals surface area (Å²) in [6.45, 7) is 15.4. The van der Waals surface area contributed by atoms with E-state index in [2.05, 4.69) is 62.2 Å². The van der Waals surface area contributed by atoms with E-state index in [0.717, 1.165) is 70.9 Å². The Labute approximate surface area is 184 Å². The maximum Gasteiger partial charge on any atom is 0.223 e. The van der Waals surface area contributed by atoms with Crippen LogP contribution >= 0.6 is 0 Å². The van der Waals surface area contributed by atoms with Gasteiger partial charge in [-0.15, -0.1) is 0 Å². The van der Waals surface area contributed by atoms with Gasteiger partial charge in [-0.05, 0) is 69.3 Å². The lowest BCUT2D eigenvalue weighted by Gasteiger charge is -2.29. The molecule has 0 spiro atoms. The quantitative estimate of drug-likeness (QED) is 0.493. The van der Waals surface area contributed by atoms with Crippen molar-refractivity contribution in [3.8, 4) is 5.75 Å². The van der Waals surface area contributed by atoms with Gasteiger partial charge < -0.3 is 19.9 Å². The summed E-state index contributed by atoms with van der Waals surface area (Å²) in [5.41, 5.74) is 1.36. The molecule has 1 saturated heterocycles. The van der Waals surface area contributed by atoms with Gasteiger partial charge in [0.1, 0.15) is 5.75 Å². The summed E-state index contributed by atoms with van der Waals surface area (Å²) in [5, 5.41) is 3.31. The van der Waals surface area contributed by atoms with E-state index < -0.39 is 0 Å². The summed E-state index contributed by atoms with van der Waals surface area (Å²) in [4.78, 5) is 16.8. The van der Waals surface area contributed by atoms with Gasteiger partial charge in [-0.1, -0.05) is 32.9 Å². The number of hydrogen-bond donors (Lipinski definition) is 1. The summed E-state index contributed by atoms with van der Waals surface area (Å²) in [6.07, 6.45) is 5.09. The van der Waals surface area contributed by atoms with Gasteiger partial charge in [-0.25, -0.2) is 0 Å². The highest BCUT2D eigenvalue weighted by molar-refractivity contribution is 5.76. The molecule has 30 heavy (non-hydrogen) atoms. The second kappa shape index (κ2) is 13.7. The molecule has 1 N–H and O–H groups in total. The van der Waals surface area contributed by atoms with Gasteiger partial charge in [0, 0.05) is 38.6 Å². The van der Waals surface area contributed by atoms with E-state index in [4.69, 9.17) is 4.74 Å². The van der Waals surface area contributed by atoms with Crippen LogP contribution in [0, 0.1) is 5.92 Å². The summed E-state index contributed by atoms with van der Waals surface area (Å²) >= 11 is 0. The number of ether oxygens (including phenoxy) is 1. The lowest BCUT2D eigenvalue weighted by atomic mass is 10.0. The van der Waals surface area contributed by atoms with Crippen molar-refractivity contribution < 1.29 is 9.53 Å². The van der Waals surface area contributed by atoms with Gasteiger partial charge >= 0.3 is 0 Å². The van der Waals surface area contributed by atoms with Crippen molar-refractivity contribution in [2.75, 3.05) is 45.9 Å². The molecule has 0 aromatic heterocycles. The zero-order chi connectivity index (χ0) is 21.8. The number of hydrogen-bond acceptors (Lipinski definition) is 4. The first-order valence-electron chi connectivity index (χ1n) is 11.9. The molecule has 1 atom stereocenters. The zero-order valence-corrected chi connectivity index (χ0v) is 19.7. The maximum absolute atomic E-state index is 12.1. The molecule has 1 heterocycles. The van der Waals surface area contributed by atoms with Crippen molar-refractivity contribution >= 4 is 5.91 Å². The number of carbonyl (C=O) groups excluding carboxylic acids is 1. The minimum Gasteiger partial charge on any atom is -0.493 e. The van der Waals surface area contributed by atoms with Crippen LogP contribution in [0.1, 0.15) is 58.9 Å². The Hall–Kier alpha value is -1.59. The molecule has 0 aliphatic carbocycles. The second-order valence-electron chi connectivity index (χ2n) is 9.03. The second-order valence-corrected chi connectivity index (χ2v) is 9.03. The summed E-state index contributed by atoms with van der Waals surface area (Å²) in [7, 11) is 0. The Morgan fingerprint density at radius 3 is 2.57 bits per heavy atom. The molecular formula is C25H43N3O2. The van der Waals surface area contributed by atoms with E-state index in [-0.39, 0.29) is 0 Å². The lowest BCUT2D eigenvalue weighted by molar-refractivity contribution is -0.130. The van der Waals surface area contributed by atoms with Gasteiger partial charge in [0.15, 0.2) is 0 Å². The molecule has 170 valence electrons. The third-order valence-corrected chi connectivity index (χ3v) is 5.72. The van der Waals surface area contributed by atoms with Gasteiger partial charge in [-0.3, -0.25) is 4.79 Å². The van der Waals surface area contributed by atoms with Crippen molar-refractivity contribution in [1.82, 2.24) is 15.1 Å². The van der Waals surface area contributed by atoms with E-state index in [1.54, 1.807) is 0 Å². The molecule has 0 radical (unpaired) electrons. The third-order valence-electron chi connectivity index (χ3n) is 5.72. The van der Waals surface area contributed by atoms with Crippen LogP contribution in [0.4, 0.5) is 0 Å². The van der Waals surface area contributed by atoms with E-state index in [0.29, 0.717) is 24.3 Å². The van der Waals surface area contributed by atoms with Crippen molar-refractivity contribution in [3.63, 3.8) is 0 Å². The molecule has 5 heteroatoms. The Bertz CT molecular complexity index is 603. The first-order chi connectivity index (χ1) is 14.5. The standard InChI is InChI=1S/C25H43N3O2/c1-5-15-27(16-6-7-17-28-18-14-26-13-12-25(28)29)22(4)19-23-8-10-24(11-9-23)30-20-21(2)3/h8-11,21-22,26H,5-7,12-20H2,1-4H3. The van der Waals surface area contributed by atoms with E-state index in [1.807, 2.05) is 4.90 Å². The molecular weight excluding hydrogens is 374 g/mol. The van der Waals surface area contributed by atoms with Crippen LogP contribution in [0.15, 0.2) is 24.3 Å². The SMILES string of the molecule is CCCN(CCCCN1CCNCCC1=O)C(C)Cc1ccc(OCC(C)C)cc1. The molecule has 1 unspecified atom stereocenters. The van der Waals surface area contributed by atoms with Crippen LogP contribution < -0.4 is 10.1 Å². The minimum atomic E-state index is 0.305. The average Bonchev–Trinajstić information content (AvgIpc) is 2.93. The molecule has 1 amide bonds. The molecule has 1 aromatic carbocycles. The number of unbranched alkanes of at least 4 members (excludes halogenated alkanes) is 1. The average molecular weight is 418 g/mol. The molecule has 1 fully saturated rings. The monoisotopic (exact) mass is 417 g/mol. The maximum atomic E-state index is 12.1. The molecule has 5 nitrogen and oxygen atoms in total. The number of rotatable bonds is 13. The van der Waals surface area contributed by atoms with Gasteiger partial charge in [0.25, 0.3) is 0 Å². The molecule has 0 bridgehead atoms. The highest BCUT2D eigenvalue weighted by atomic mass is 16.5. The molecule has 1 aromatic rings. The van der Waals surface area contributed by atoms with Crippen LogP contribution in [-0.4, -0.2) is 67.6 Å². The number of amides is 1. The number of nitrogens with one attached hydrogen (secondary N) is 1. The normalized spacial score (nSPS) is 16.2. The highest BCUT2D eigenvalue weighted by Gasteiger charge is 2.17. The van der Waals surface area contributed by atoms with E-state index in [1.165, 1.54) is 12.0 Å². The van der Waals surface area contributed by atoms with Gasteiger partial charge in [-0.2, -0.15) is 0 Å². The number of nitrogens with zero attached hydrogens (tertiary/aromatic N) is 2. The number of benzene rings is 1. The highest BCUT2D eigenvalue weighted by Crippen LogP contribution is 2.16. The lowest BCUT2D eigenvalue weighted by Crippen LogP contribution is -2.37. The smallest absolute Gasteiger partial charge is 0.223 e. The van der Waals surface area contributed by atoms with Crippen LogP contribution in [-0.2, 0) is 11.2 Å². The first kappa shape index (κ1) is 24.7. The molecule has 1 aliphatic rings. The van der Waals surface area contributed by atoms with Crippen molar-refractivity contribution in [3.05, 3.63) is 29.8 Å². The van der Waals surface area contributed by atoms with Crippen LogP contribution in [0.3, 0.4) is 0 Å². The predicted molar refractivity (Wildman–Crippen MR) is 125 cm³/mol. The Morgan fingerprint density at radius 1 is 1.10 bits per heavy atom. The van der Waals surface area contributed by atoms with Crippen LogP contribution in [0.2, 0.25) is 0 Å². The molecule has 1 aliphatic heterocycles. The Balaban J connectivity index is 1.76. The summed E-state index contributed by atoms with van der Waals surface area (Å²) in [5.74, 6) is 1.81. The minimum absolute atomic E-state index is 0.305. The Kier molecular flexibility index (Phi) is 11.2. The Morgan fingerprint density at radius 2 is 1.87 bits per heavy atom. The fraction of sp³-hybridized carbons (Fsp3) is 0.720. The fourth-order valence-corrected chi connectivity index (χ4v) is 3.97.